The van der Waals surface area contributed by atoms with Crippen LogP contribution in [0.25, 0.3) is 0 Å². The smallest absolute Gasteiger partial charge is 0.194 e. The summed E-state index contributed by atoms with van der Waals surface area (Å²) in [5.74, 6) is 1.33. The van der Waals surface area contributed by atoms with Crippen molar-refractivity contribution < 1.29 is 0 Å². The Morgan fingerprint density at radius 3 is 2.30 bits per heavy atom. The van der Waals surface area contributed by atoms with Gasteiger partial charge >= 0.3 is 0 Å². The molecule has 0 aliphatic heterocycles. The first-order chi connectivity index (χ1) is 9.52. The average Bonchev–Trinajstić information content (AvgIpc) is 3.19. The molecular formula is C14H15ClN4S. The number of hydrogen-bond donors (Lipinski definition) is 0. The molecule has 1 aliphatic carbocycles. The molecule has 0 aromatic carbocycles. The first-order valence-electron chi connectivity index (χ1n) is 6.57. The Bertz CT molecular complexity index is 647. The molecule has 2 aromatic heterocycles. The number of rotatable bonds is 3. The molecule has 1 saturated carbocycles. The zero-order chi connectivity index (χ0) is 14.3. The maximum atomic E-state index is 6.07. The minimum atomic E-state index is 0.482. The van der Waals surface area contributed by atoms with Gasteiger partial charge in [-0.2, -0.15) is 0 Å². The Balaban J connectivity index is 1.91. The van der Waals surface area contributed by atoms with E-state index in [1.807, 2.05) is 20.8 Å². The largest absolute Gasteiger partial charge is 0.227 e. The van der Waals surface area contributed by atoms with Crippen LogP contribution >= 0.6 is 23.4 Å². The van der Waals surface area contributed by atoms with E-state index in [1.54, 1.807) is 6.07 Å². The lowest BCUT2D eigenvalue weighted by Crippen LogP contribution is -1.99. The van der Waals surface area contributed by atoms with Gasteiger partial charge in [0, 0.05) is 23.4 Å². The zero-order valence-corrected chi connectivity index (χ0v) is 13.2. The summed E-state index contributed by atoms with van der Waals surface area (Å²) in [7, 11) is 0. The van der Waals surface area contributed by atoms with E-state index < -0.39 is 0 Å². The second kappa shape index (κ2) is 5.30. The normalized spacial score (nSPS) is 14.6. The van der Waals surface area contributed by atoms with E-state index in [0.717, 1.165) is 40.6 Å². The van der Waals surface area contributed by atoms with Crippen molar-refractivity contribution in [3.63, 3.8) is 0 Å². The second-order valence-electron chi connectivity index (χ2n) is 5.07. The molecule has 0 saturated heterocycles. The lowest BCUT2D eigenvalue weighted by atomic mass is 10.2. The van der Waals surface area contributed by atoms with E-state index in [-0.39, 0.29) is 0 Å². The molecule has 1 aliphatic rings. The molecule has 0 unspecified atom stereocenters. The van der Waals surface area contributed by atoms with Gasteiger partial charge in [0.1, 0.15) is 16.0 Å². The molecule has 2 heterocycles. The predicted octanol–water partition coefficient (Wildman–Crippen LogP) is 3.87. The van der Waals surface area contributed by atoms with Crippen molar-refractivity contribution in [1.82, 2.24) is 19.9 Å². The van der Waals surface area contributed by atoms with Gasteiger partial charge in [-0.1, -0.05) is 11.6 Å². The van der Waals surface area contributed by atoms with E-state index in [0.29, 0.717) is 16.2 Å². The summed E-state index contributed by atoms with van der Waals surface area (Å²) in [5.41, 5.74) is 3.14. The monoisotopic (exact) mass is 306 g/mol. The summed E-state index contributed by atoms with van der Waals surface area (Å²) in [6.07, 6.45) is 2.31. The van der Waals surface area contributed by atoms with Crippen LogP contribution in [0.2, 0.25) is 5.15 Å². The quantitative estimate of drug-likeness (QED) is 0.636. The van der Waals surface area contributed by atoms with E-state index in [4.69, 9.17) is 11.6 Å². The van der Waals surface area contributed by atoms with Gasteiger partial charge in [-0.05, 0) is 50.9 Å². The molecule has 0 spiro atoms. The molecular weight excluding hydrogens is 292 g/mol. The van der Waals surface area contributed by atoms with Crippen molar-refractivity contribution in [2.45, 2.75) is 49.7 Å². The Morgan fingerprint density at radius 2 is 1.70 bits per heavy atom. The van der Waals surface area contributed by atoms with Gasteiger partial charge in [-0.15, -0.1) is 0 Å². The van der Waals surface area contributed by atoms with E-state index in [9.17, 15) is 0 Å². The third-order valence-electron chi connectivity index (χ3n) is 3.44. The van der Waals surface area contributed by atoms with Crippen LogP contribution in [0.1, 0.15) is 41.5 Å². The Labute approximate surface area is 127 Å². The highest BCUT2D eigenvalue weighted by Gasteiger charge is 2.27. The lowest BCUT2D eigenvalue weighted by Gasteiger charge is -2.07. The Morgan fingerprint density at radius 1 is 1.05 bits per heavy atom. The summed E-state index contributed by atoms with van der Waals surface area (Å²) in [5, 5.41) is 2.02. The fourth-order valence-corrected chi connectivity index (χ4v) is 2.99. The number of halogens is 1. The summed E-state index contributed by atoms with van der Waals surface area (Å²) >= 11 is 7.51. The molecule has 1 fully saturated rings. The average molecular weight is 307 g/mol. The molecule has 0 N–H and O–H groups in total. The molecule has 0 amide bonds. The minimum Gasteiger partial charge on any atom is -0.227 e. The molecule has 0 radical (unpaired) electrons. The lowest BCUT2D eigenvalue weighted by molar-refractivity contribution is 0.859. The number of hydrogen-bond acceptors (Lipinski definition) is 5. The topological polar surface area (TPSA) is 51.6 Å². The first kappa shape index (κ1) is 13.8. The molecule has 20 heavy (non-hydrogen) atoms. The fourth-order valence-electron chi connectivity index (χ4n) is 1.87. The van der Waals surface area contributed by atoms with Crippen molar-refractivity contribution in [2.75, 3.05) is 0 Å². The third-order valence-corrected chi connectivity index (χ3v) is 4.42. The van der Waals surface area contributed by atoms with Gasteiger partial charge < -0.3 is 0 Å². The van der Waals surface area contributed by atoms with Crippen molar-refractivity contribution in [2.24, 2.45) is 0 Å². The van der Waals surface area contributed by atoms with Crippen LogP contribution in [0, 0.1) is 20.8 Å². The molecule has 3 rings (SSSR count). The van der Waals surface area contributed by atoms with Gasteiger partial charge in [0.25, 0.3) is 0 Å². The van der Waals surface area contributed by atoms with Gasteiger partial charge in [-0.25, -0.2) is 19.9 Å². The van der Waals surface area contributed by atoms with Gasteiger partial charge in [0.15, 0.2) is 5.16 Å². The molecule has 104 valence electrons. The highest BCUT2D eigenvalue weighted by atomic mass is 35.5. The molecule has 0 atom stereocenters. The highest BCUT2D eigenvalue weighted by molar-refractivity contribution is 7.99. The first-order valence-corrected chi connectivity index (χ1v) is 7.76. The Kier molecular flexibility index (Phi) is 3.65. The van der Waals surface area contributed by atoms with Crippen LogP contribution in [0.15, 0.2) is 16.2 Å². The van der Waals surface area contributed by atoms with Crippen LogP contribution < -0.4 is 0 Å². The summed E-state index contributed by atoms with van der Waals surface area (Å²) in [4.78, 5) is 17.8. The number of aryl methyl sites for hydroxylation is 2. The standard InChI is InChI=1S/C14H15ClN4S/c1-7-8(2)16-14(17-9(7)3)20-12-6-11(15)18-13(19-12)10-4-5-10/h6,10H,4-5H2,1-3H3. The van der Waals surface area contributed by atoms with Crippen molar-refractivity contribution in [3.8, 4) is 0 Å². The second-order valence-corrected chi connectivity index (χ2v) is 6.44. The maximum Gasteiger partial charge on any atom is 0.194 e. The predicted molar refractivity (Wildman–Crippen MR) is 79.4 cm³/mol. The molecule has 2 aromatic rings. The SMILES string of the molecule is Cc1nc(Sc2cc(Cl)nc(C3CC3)n2)nc(C)c1C. The van der Waals surface area contributed by atoms with Crippen LogP contribution in [0.3, 0.4) is 0 Å². The zero-order valence-electron chi connectivity index (χ0n) is 11.6. The van der Waals surface area contributed by atoms with E-state index in [2.05, 4.69) is 19.9 Å². The van der Waals surface area contributed by atoms with E-state index in [1.165, 1.54) is 11.8 Å². The summed E-state index contributed by atoms with van der Waals surface area (Å²) in [6.45, 7) is 6.03. The molecule has 4 nitrogen and oxygen atoms in total. The summed E-state index contributed by atoms with van der Waals surface area (Å²) < 4.78 is 0. The fraction of sp³-hybridized carbons (Fsp3) is 0.429. The van der Waals surface area contributed by atoms with Crippen LogP contribution in [-0.4, -0.2) is 19.9 Å². The Hall–Kier alpha value is -1.20. The summed E-state index contributed by atoms with van der Waals surface area (Å²) in [6, 6.07) is 1.77. The van der Waals surface area contributed by atoms with Gasteiger partial charge in [0.05, 0.1) is 0 Å². The van der Waals surface area contributed by atoms with Gasteiger partial charge in [0.2, 0.25) is 0 Å². The van der Waals surface area contributed by atoms with Crippen molar-refractivity contribution in [1.29, 1.82) is 0 Å². The highest BCUT2D eigenvalue weighted by Crippen LogP contribution is 2.39. The van der Waals surface area contributed by atoms with Crippen molar-refractivity contribution in [3.05, 3.63) is 34.0 Å². The number of aromatic nitrogens is 4. The van der Waals surface area contributed by atoms with Crippen LogP contribution in [-0.2, 0) is 0 Å². The van der Waals surface area contributed by atoms with Crippen LogP contribution in [0.5, 0.6) is 0 Å². The maximum absolute atomic E-state index is 6.07. The minimum absolute atomic E-state index is 0.482. The van der Waals surface area contributed by atoms with Crippen molar-refractivity contribution >= 4 is 23.4 Å². The number of nitrogens with zero attached hydrogens (tertiary/aromatic N) is 4. The van der Waals surface area contributed by atoms with E-state index >= 15 is 0 Å². The van der Waals surface area contributed by atoms with Crippen LogP contribution in [0.4, 0.5) is 0 Å². The van der Waals surface area contributed by atoms with Gasteiger partial charge in [-0.3, -0.25) is 0 Å². The third kappa shape index (κ3) is 2.94. The molecule has 6 heteroatoms. The molecule has 0 bridgehead atoms.